The second kappa shape index (κ2) is 7.19. The number of halogens is 1. The summed E-state index contributed by atoms with van der Waals surface area (Å²) in [5.41, 5.74) is 6.80. The summed E-state index contributed by atoms with van der Waals surface area (Å²) in [6, 6.07) is 3.31. The summed E-state index contributed by atoms with van der Waals surface area (Å²) >= 11 is 0. The number of nitrogens with one attached hydrogen (secondary N) is 1. The molecule has 120 valence electrons. The molecule has 3 N–H and O–H groups in total. The predicted octanol–water partition coefficient (Wildman–Crippen LogP) is 2.11. The zero-order valence-corrected chi connectivity index (χ0v) is 13.3. The molecule has 0 amide bonds. The van der Waals surface area contributed by atoms with Gasteiger partial charge in [-0.15, -0.1) is 12.4 Å². The van der Waals surface area contributed by atoms with Crippen molar-refractivity contribution in [3.8, 4) is 11.5 Å². The van der Waals surface area contributed by atoms with Crippen LogP contribution in [0.25, 0.3) is 11.5 Å². The normalized spacial score (nSPS) is 11.8. The maximum atomic E-state index is 11.0. The molecule has 1 aromatic carbocycles. The Balaban J connectivity index is 0.00000242. The molecule has 8 nitrogen and oxygen atoms in total. The molecule has 0 fully saturated rings. The zero-order valence-electron chi connectivity index (χ0n) is 12.5. The van der Waals surface area contributed by atoms with E-state index in [1.54, 1.807) is 13.0 Å². The molecule has 0 saturated heterocycles. The molecule has 0 bridgehead atoms. The maximum absolute atomic E-state index is 11.0. The second-order valence-electron chi connectivity index (χ2n) is 4.91. The minimum absolute atomic E-state index is 0. The average molecular weight is 328 g/mol. The van der Waals surface area contributed by atoms with Crippen LogP contribution in [0.4, 0.5) is 11.4 Å². The van der Waals surface area contributed by atoms with E-state index >= 15 is 0 Å². The molecule has 2 aromatic rings. The van der Waals surface area contributed by atoms with E-state index in [1.807, 2.05) is 14.0 Å². The van der Waals surface area contributed by atoms with E-state index < -0.39 is 4.92 Å². The van der Waals surface area contributed by atoms with Gasteiger partial charge >= 0.3 is 0 Å². The number of nitro groups is 1. The first-order valence-electron chi connectivity index (χ1n) is 6.47. The zero-order chi connectivity index (χ0) is 15.6. The largest absolute Gasteiger partial charge is 0.393 e. The van der Waals surface area contributed by atoms with Gasteiger partial charge in [0.05, 0.1) is 10.5 Å². The topological polar surface area (TPSA) is 120 Å². The van der Waals surface area contributed by atoms with Crippen molar-refractivity contribution in [3.63, 3.8) is 0 Å². The third-order valence-corrected chi connectivity index (χ3v) is 3.18. The number of likely N-dealkylation sites (N-methyl/N-ethyl adjacent to an activating group) is 1. The number of rotatable bonds is 5. The van der Waals surface area contributed by atoms with Crippen LogP contribution in [0.3, 0.4) is 0 Å². The van der Waals surface area contributed by atoms with Crippen LogP contribution in [0.2, 0.25) is 0 Å². The van der Waals surface area contributed by atoms with Crippen LogP contribution in [0, 0.1) is 17.0 Å². The molecular weight excluding hydrogens is 310 g/mol. The van der Waals surface area contributed by atoms with Crippen molar-refractivity contribution in [1.29, 1.82) is 0 Å². The third kappa shape index (κ3) is 3.71. The van der Waals surface area contributed by atoms with Crippen molar-refractivity contribution in [2.75, 3.05) is 12.8 Å². The molecule has 22 heavy (non-hydrogen) atoms. The van der Waals surface area contributed by atoms with Gasteiger partial charge in [0.1, 0.15) is 5.69 Å². The highest BCUT2D eigenvalue weighted by Gasteiger charge is 2.21. The Bertz CT molecular complexity index is 674. The molecular formula is C13H18ClN5O3. The minimum Gasteiger partial charge on any atom is -0.393 e. The maximum Gasteiger partial charge on any atom is 0.293 e. The summed E-state index contributed by atoms with van der Waals surface area (Å²) in [5, 5.41) is 17.9. The Hall–Kier alpha value is -2.19. The average Bonchev–Trinajstić information content (AvgIpc) is 2.88. The molecule has 0 aliphatic rings. The Morgan fingerprint density at radius 3 is 2.77 bits per heavy atom. The number of hydrogen-bond acceptors (Lipinski definition) is 7. The van der Waals surface area contributed by atoms with Crippen molar-refractivity contribution >= 4 is 23.8 Å². The molecule has 1 aromatic heterocycles. The van der Waals surface area contributed by atoms with Gasteiger partial charge in [-0.25, -0.2) is 0 Å². The van der Waals surface area contributed by atoms with Crippen LogP contribution >= 0.6 is 12.4 Å². The van der Waals surface area contributed by atoms with Crippen LogP contribution in [-0.4, -0.2) is 28.2 Å². The summed E-state index contributed by atoms with van der Waals surface area (Å²) < 4.78 is 5.18. The smallest absolute Gasteiger partial charge is 0.293 e. The number of anilines is 1. The molecule has 2 rings (SSSR count). The van der Waals surface area contributed by atoms with Gasteiger partial charge < -0.3 is 15.6 Å². The van der Waals surface area contributed by atoms with E-state index in [2.05, 4.69) is 15.5 Å². The Morgan fingerprint density at radius 1 is 1.50 bits per heavy atom. The number of nitrogens with two attached hydrogens (primary N) is 1. The first-order valence-corrected chi connectivity index (χ1v) is 6.47. The number of aromatic nitrogens is 2. The van der Waals surface area contributed by atoms with E-state index in [4.69, 9.17) is 10.3 Å². The Morgan fingerprint density at radius 2 is 2.18 bits per heavy atom. The highest BCUT2D eigenvalue weighted by Crippen LogP contribution is 2.33. The molecule has 1 heterocycles. The molecule has 0 radical (unpaired) electrons. The lowest BCUT2D eigenvalue weighted by atomic mass is 10.1. The van der Waals surface area contributed by atoms with E-state index in [1.165, 1.54) is 6.07 Å². The fourth-order valence-electron chi connectivity index (χ4n) is 1.93. The van der Waals surface area contributed by atoms with Crippen LogP contribution in [0.5, 0.6) is 0 Å². The Labute approximate surface area is 133 Å². The summed E-state index contributed by atoms with van der Waals surface area (Å²) in [5.74, 6) is 0.716. The molecule has 1 atom stereocenters. The quantitative estimate of drug-likeness (QED) is 0.490. The van der Waals surface area contributed by atoms with Crippen LogP contribution in [0.15, 0.2) is 16.7 Å². The summed E-state index contributed by atoms with van der Waals surface area (Å²) in [7, 11) is 1.84. The standard InChI is InChI=1S/C13H17N5O3.ClH/c1-7-4-9(12(14)10(5-7)18(19)20)13-16-11(17-21-13)6-8(2)15-3;/h4-5,8,15H,6,14H2,1-3H3;1H. The van der Waals surface area contributed by atoms with Gasteiger partial charge in [0.25, 0.3) is 11.6 Å². The summed E-state index contributed by atoms with van der Waals surface area (Å²) in [6.45, 7) is 3.73. The molecule has 1 unspecified atom stereocenters. The molecule has 0 spiro atoms. The van der Waals surface area contributed by atoms with Gasteiger partial charge in [0.15, 0.2) is 5.82 Å². The van der Waals surface area contributed by atoms with Crippen molar-refractivity contribution in [1.82, 2.24) is 15.5 Å². The number of nitrogen functional groups attached to an aromatic ring is 1. The van der Waals surface area contributed by atoms with E-state index in [0.29, 0.717) is 23.4 Å². The second-order valence-corrected chi connectivity index (χ2v) is 4.91. The monoisotopic (exact) mass is 327 g/mol. The lowest BCUT2D eigenvalue weighted by Crippen LogP contribution is -2.24. The van der Waals surface area contributed by atoms with E-state index in [-0.39, 0.29) is 35.7 Å². The van der Waals surface area contributed by atoms with Gasteiger partial charge in [0, 0.05) is 18.5 Å². The SMILES string of the molecule is CNC(C)Cc1noc(-c2cc(C)cc([N+](=O)[O-])c2N)n1.Cl. The van der Waals surface area contributed by atoms with Crippen LogP contribution in [0.1, 0.15) is 18.3 Å². The number of benzene rings is 1. The lowest BCUT2D eigenvalue weighted by Gasteiger charge is -2.05. The first kappa shape index (κ1) is 17.9. The molecule has 0 saturated carbocycles. The fourth-order valence-corrected chi connectivity index (χ4v) is 1.93. The highest BCUT2D eigenvalue weighted by molar-refractivity contribution is 5.85. The number of nitrogens with zero attached hydrogens (tertiary/aromatic N) is 3. The van der Waals surface area contributed by atoms with Crippen molar-refractivity contribution in [2.24, 2.45) is 0 Å². The third-order valence-electron chi connectivity index (χ3n) is 3.18. The van der Waals surface area contributed by atoms with Crippen molar-refractivity contribution in [3.05, 3.63) is 33.6 Å². The van der Waals surface area contributed by atoms with Gasteiger partial charge in [-0.3, -0.25) is 10.1 Å². The lowest BCUT2D eigenvalue weighted by molar-refractivity contribution is -0.383. The molecule has 0 aliphatic heterocycles. The van der Waals surface area contributed by atoms with Gasteiger partial charge in [-0.05, 0) is 32.5 Å². The highest BCUT2D eigenvalue weighted by atomic mass is 35.5. The van der Waals surface area contributed by atoms with Crippen LogP contribution < -0.4 is 11.1 Å². The van der Waals surface area contributed by atoms with Gasteiger partial charge in [0.2, 0.25) is 0 Å². The van der Waals surface area contributed by atoms with E-state index in [0.717, 1.165) is 0 Å². The van der Waals surface area contributed by atoms with Crippen molar-refractivity contribution < 1.29 is 9.45 Å². The predicted molar refractivity (Wildman–Crippen MR) is 85.0 cm³/mol. The number of hydrogen-bond donors (Lipinski definition) is 2. The Kier molecular flexibility index (Phi) is 5.84. The van der Waals surface area contributed by atoms with Gasteiger partial charge in [-0.2, -0.15) is 4.98 Å². The molecule has 9 heteroatoms. The first-order chi connectivity index (χ1) is 9.92. The number of aryl methyl sites for hydroxylation is 1. The summed E-state index contributed by atoms with van der Waals surface area (Å²) in [4.78, 5) is 14.7. The molecule has 0 aliphatic carbocycles. The summed E-state index contributed by atoms with van der Waals surface area (Å²) in [6.07, 6.45) is 0.591. The van der Waals surface area contributed by atoms with Crippen LogP contribution in [-0.2, 0) is 6.42 Å². The minimum atomic E-state index is -0.522. The van der Waals surface area contributed by atoms with Gasteiger partial charge in [-0.1, -0.05) is 5.16 Å². The van der Waals surface area contributed by atoms with Crippen molar-refractivity contribution in [2.45, 2.75) is 26.3 Å². The number of nitro benzene ring substituents is 1. The van der Waals surface area contributed by atoms with E-state index in [9.17, 15) is 10.1 Å². The fraction of sp³-hybridized carbons (Fsp3) is 0.385.